The lowest BCUT2D eigenvalue weighted by Gasteiger charge is -2.25. The van der Waals surface area contributed by atoms with Crippen molar-refractivity contribution in [1.82, 2.24) is 14.8 Å². The number of rotatable bonds is 8. The number of hydrogen-bond acceptors (Lipinski definition) is 9. The number of ether oxygens (including phenoxy) is 1. The van der Waals surface area contributed by atoms with Crippen LogP contribution in [0.3, 0.4) is 0 Å². The van der Waals surface area contributed by atoms with Crippen molar-refractivity contribution in [3.63, 3.8) is 0 Å². The van der Waals surface area contributed by atoms with Crippen molar-refractivity contribution >= 4 is 35.3 Å². The number of hydrogen-bond donors (Lipinski definition) is 1. The molecular formula is C28H21N5O9. The van der Waals surface area contributed by atoms with Gasteiger partial charge in [-0.2, -0.15) is 0 Å². The molecule has 2 aromatic carbocycles. The van der Waals surface area contributed by atoms with E-state index < -0.39 is 39.1 Å². The Bertz CT molecular complexity index is 1790. The van der Waals surface area contributed by atoms with Crippen LogP contribution in [-0.2, 0) is 16.1 Å². The van der Waals surface area contributed by atoms with Crippen molar-refractivity contribution in [2.75, 3.05) is 0 Å². The van der Waals surface area contributed by atoms with E-state index in [4.69, 9.17) is 9.15 Å². The van der Waals surface area contributed by atoms with E-state index in [1.807, 2.05) is 11.5 Å². The van der Waals surface area contributed by atoms with Gasteiger partial charge in [-0.15, -0.1) is 0 Å². The molecule has 0 bridgehead atoms. The summed E-state index contributed by atoms with van der Waals surface area (Å²) in [5, 5.41) is 24.6. The summed E-state index contributed by atoms with van der Waals surface area (Å²) in [6, 6.07) is 13.8. The molecule has 5 rings (SSSR count). The van der Waals surface area contributed by atoms with Crippen molar-refractivity contribution in [2.24, 2.45) is 0 Å². The second kappa shape index (κ2) is 10.8. The number of imide groups is 2. The number of urea groups is 1. The van der Waals surface area contributed by atoms with Crippen LogP contribution in [0.4, 0.5) is 16.2 Å². The molecule has 1 fully saturated rings. The summed E-state index contributed by atoms with van der Waals surface area (Å²) in [5.41, 5.74) is 1.52. The van der Waals surface area contributed by atoms with E-state index in [1.54, 1.807) is 49.4 Å². The van der Waals surface area contributed by atoms with Gasteiger partial charge in [0.1, 0.15) is 17.1 Å². The Kier molecular flexibility index (Phi) is 7.10. The predicted molar refractivity (Wildman–Crippen MR) is 146 cm³/mol. The van der Waals surface area contributed by atoms with Gasteiger partial charge in [0.25, 0.3) is 17.5 Å². The number of furan rings is 1. The predicted octanol–water partition coefficient (Wildman–Crippen LogP) is 4.96. The maximum absolute atomic E-state index is 13.1. The van der Waals surface area contributed by atoms with Crippen LogP contribution in [-0.4, -0.2) is 37.2 Å². The average molecular weight is 572 g/mol. The van der Waals surface area contributed by atoms with Gasteiger partial charge in [-0.1, -0.05) is 0 Å². The Morgan fingerprint density at radius 2 is 1.71 bits per heavy atom. The molecule has 212 valence electrons. The molecule has 4 aromatic rings. The van der Waals surface area contributed by atoms with Gasteiger partial charge in [-0.05, 0) is 74.0 Å². The summed E-state index contributed by atoms with van der Waals surface area (Å²) in [4.78, 5) is 59.8. The number of barbiturate groups is 1. The monoisotopic (exact) mass is 571 g/mol. The molecule has 14 heteroatoms. The minimum atomic E-state index is -0.842. The summed E-state index contributed by atoms with van der Waals surface area (Å²) < 4.78 is 12.7. The van der Waals surface area contributed by atoms with Gasteiger partial charge < -0.3 is 13.7 Å². The van der Waals surface area contributed by atoms with E-state index >= 15 is 0 Å². The number of carbonyl (C=O) groups excluding carboxylic acids is 3. The van der Waals surface area contributed by atoms with Crippen LogP contribution in [0.25, 0.3) is 11.8 Å². The fourth-order valence-electron chi connectivity index (χ4n) is 4.52. The van der Waals surface area contributed by atoms with Gasteiger partial charge in [-0.3, -0.25) is 40.0 Å². The molecule has 2 aromatic heterocycles. The number of nitrogens with zero attached hydrogens (tertiary/aromatic N) is 4. The van der Waals surface area contributed by atoms with Crippen LogP contribution in [0, 0.1) is 34.1 Å². The second-order valence-corrected chi connectivity index (χ2v) is 9.21. The zero-order valence-electron chi connectivity index (χ0n) is 22.1. The van der Waals surface area contributed by atoms with E-state index in [9.17, 15) is 34.6 Å². The first-order valence-corrected chi connectivity index (χ1v) is 12.3. The normalized spacial score (nSPS) is 14.3. The van der Waals surface area contributed by atoms with Gasteiger partial charge in [0.2, 0.25) is 5.75 Å². The van der Waals surface area contributed by atoms with E-state index in [2.05, 4.69) is 5.32 Å². The topological polar surface area (TPSA) is 180 Å². The summed E-state index contributed by atoms with van der Waals surface area (Å²) in [5.74, 6) is -1.10. The van der Waals surface area contributed by atoms with E-state index in [1.165, 1.54) is 12.3 Å². The Morgan fingerprint density at radius 3 is 2.36 bits per heavy atom. The number of aromatic nitrogens is 1. The molecule has 42 heavy (non-hydrogen) atoms. The van der Waals surface area contributed by atoms with Crippen LogP contribution in [0.2, 0.25) is 0 Å². The quantitative estimate of drug-likeness (QED) is 0.132. The molecule has 4 amide bonds. The largest absolute Gasteiger partial charge is 0.467 e. The number of nitrogens with one attached hydrogen (secondary N) is 1. The average Bonchev–Trinajstić information content (AvgIpc) is 3.56. The fourth-order valence-corrected chi connectivity index (χ4v) is 4.52. The SMILES string of the molecule is Cc1cc(/C=C2\C(=O)NC(=O)N(Cc3ccco3)C2=O)c(C)n1-c1ccc(Oc2ccc([N+](=O)[O-])cc2[N+](=O)[O-])cc1. The van der Waals surface area contributed by atoms with E-state index in [0.29, 0.717) is 22.7 Å². The molecule has 1 aliphatic heterocycles. The van der Waals surface area contributed by atoms with Crippen molar-refractivity contribution < 1.29 is 33.4 Å². The highest BCUT2D eigenvalue weighted by Gasteiger charge is 2.36. The third-order valence-corrected chi connectivity index (χ3v) is 6.52. The number of aryl methyl sites for hydroxylation is 1. The molecule has 0 aliphatic carbocycles. The van der Waals surface area contributed by atoms with Crippen molar-refractivity contribution in [3.8, 4) is 17.2 Å². The molecule has 0 saturated carbocycles. The molecule has 0 radical (unpaired) electrons. The summed E-state index contributed by atoms with van der Waals surface area (Å²) in [6.45, 7) is 3.48. The zero-order valence-corrected chi connectivity index (χ0v) is 22.1. The second-order valence-electron chi connectivity index (χ2n) is 9.21. The molecule has 0 unspecified atom stereocenters. The third kappa shape index (κ3) is 5.23. The highest BCUT2D eigenvalue weighted by Crippen LogP contribution is 2.35. The molecule has 0 atom stereocenters. The summed E-state index contributed by atoms with van der Waals surface area (Å²) in [6.07, 6.45) is 2.83. The van der Waals surface area contributed by atoms with Crippen LogP contribution in [0.5, 0.6) is 11.5 Å². The number of nitro groups is 2. The highest BCUT2D eigenvalue weighted by molar-refractivity contribution is 6.31. The summed E-state index contributed by atoms with van der Waals surface area (Å²) in [7, 11) is 0. The first-order valence-electron chi connectivity index (χ1n) is 12.3. The number of carbonyl (C=O) groups is 3. The Hall–Kier alpha value is -6.05. The van der Waals surface area contributed by atoms with Gasteiger partial charge in [-0.25, -0.2) is 4.79 Å². The smallest absolute Gasteiger partial charge is 0.331 e. The van der Waals surface area contributed by atoms with Crippen LogP contribution >= 0.6 is 0 Å². The summed E-state index contributed by atoms with van der Waals surface area (Å²) >= 11 is 0. The minimum absolute atomic E-state index is 0.140. The standard InChI is InChI=1S/C28H21N5O9/c1-16-12-18(13-23-26(34)29-28(36)30(27(23)35)15-22-4-3-11-41-22)17(2)31(16)19-5-8-21(9-6-19)42-25-10-7-20(32(37)38)14-24(25)33(39)40/h3-14H,15H2,1-2H3,(H,29,34,36)/b23-13+. The van der Waals surface area contributed by atoms with Gasteiger partial charge in [0.15, 0.2) is 0 Å². The van der Waals surface area contributed by atoms with Crippen LogP contribution in [0.15, 0.2) is 76.9 Å². The van der Waals surface area contributed by atoms with Gasteiger partial charge >= 0.3 is 11.7 Å². The lowest BCUT2D eigenvalue weighted by Crippen LogP contribution is -2.53. The molecule has 3 heterocycles. The molecule has 1 N–H and O–H groups in total. The lowest BCUT2D eigenvalue weighted by atomic mass is 10.1. The molecule has 1 saturated heterocycles. The Morgan fingerprint density at radius 1 is 0.976 bits per heavy atom. The highest BCUT2D eigenvalue weighted by atomic mass is 16.6. The van der Waals surface area contributed by atoms with E-state index in [0.717, 1.165) is 28.8 Å². The minimum Gasteiger partial charge on any atom is -0.467 e. The lowest BCUT2D eigenvalue weighted by molar-refractivity contribution is -0.394. The number of amides is 4. The third-order valence-electron chi connectivity index (χ3n) is 6.52. The number of nitro benzene ring substituents is 2. The zero-order chi connectivity index (χ0) is 30.1. The Labute approximate surface area is 236 Å². The molecule has 1 aliphatic rings. The first-order chi connectivity index (χ1) is 20.0. The van der Waals surface area contributed by atoms with Gasteiger partial charge in [0.05, 0.1) is 28.7 Å². The van der Waals surface area contributed by atoms with E-state index in [-0.39, 0.29) is 23.6 Å². The van der Waals surface area contributed by atoms with Crippen LogP contribution < -0.4 is 10.1 Å². The first kappa shape index (κ1) is 27.5. The maximum atomic E-state index is 13.1. The maximum Gasteiger partial charge on any atom is 0.331 e. The van der Waals surface area contributed by atoms with Crippen molar-refractivity contribution in [2.45, 2.75) is 20.4 Å². The van der Waals surface area contributed by atoms with Crippen LogP contribution in [0.1, 0.15) is 22.7 Å². The fraction of sp³-hybridized carbons (Fsp3) is 0.107. The van der Waals surface area contributed by atoms with Gasteiger partial charge in [0, 0.05) is 23.1 Å². The number of non-ortho nitro benzene ring substituents is 1. The number of benzene rings is 2. The Balaban J connectivity index is 1.40. The molecule has 14 nitrogen and oxygen atoms in total. The van der Waals surface area contributed by atoms with Crippen molar-refractivity contribution in [3.05, 3.63) is 115 Å². The molecular weight excluding hydrogens is 550 g/mol. The molecule has 0 spiro atoms. The van der Waals surface area contributed by atoms with Crippen molar-refractivity contribution in [1.29, 1.82) is 0 Å².